The largest absolute Gasteiger partial charge is 0.496 e. The van der Waals surface area contributed by atoms with E-state index < -0.39 is 16.7 Å². The summed E-state index contributed by atoms with van der Waals surface area (Å²) in [5, 5.41) is 13.5. The van der Waals surface area contributed by atoms with Crippen LogP contribution in [0.25, 0.3) is 17.4 Å². The zero-order valence-corrected chi connectivity index (χ0v) is 17.4. The molecule has 10 heteroatoms. The van der Waals surface area contributed by atoms with Crippen LogP contribution in [0.3, 0.4) is 0 Å². The van der Waals surface area contributed by atoms with Gasteiger partial charge in [-0.15, -0.1) is 0 Å². The zero-order chi connectivity index (χ0) is 22.8. The summed E-state index contributed by atoms with van der Waals surface area (Å²) in [7, 11) is 1.39. The third-order valence-electron chi connectivity index (χ3n) is 4.69. The number of rotatable bonds is 5. The Morgan fingerprint density at radius 3 is 2.56 bits per heavy atom. The van der Waals surface area contributed by atoms with Crippen molar-refractivity contribution >= 4 is 46.6 Å². The van der Waals surface area contributed by atoms with Crippen molar-refractivity contribution in [1.29, 1.82) is 0 Å². The van der Waals surface area contributed by atoms with Crippen molar-refractivity contribution in [3.8, 4) is 17.1 Å². The second-order valence-electron chi connectivity index (χ2n) is 6.64. The molecule has 2 heterocycles. The average Bonchev–Trinajstić information content (AvgIpc) is 3.25. The Balaban J connectivity index is 1.68. The van der Waals surface area contributed by atoms with Gasteiger partial charge >= 0.3 is 0 Å². The molecule has 1 aromatic heterocycles. The van der Waals surface area contributed by atoms with E-state index in [1.165, 1.54) is 36.3 Å². The number of nitrogens with zero attached hydrogens (tertiary/aromatic N) is 2. The number of carbonyl (C=O) groups is 2. The van der Waals surface area contributed by atoms with E-state index in [9.17, 15) is 19.7 Å². The summed E-state index contributed by atoms with van der Waals surface area (Å²) in [6, 6.07) is 16.0. The van der Waals surface area contributed by atoms with Gasteiger partial charge in [-0.25, -0.2) is 0 Å². The second-order valence-corrected chi connectivity index (χ2v) is 7.02. The molecular weight excluding hydrogens is 434 g/mol. The summed E-state index contributed by atoms with van der Waals surface area (Å²) in [5.41, 5.74) is 0.721. The lowest BCUT2D eigenvalue weighted by atomic mass is 10.1. The molecule has 4 rings (SSSR count). The molecule has 1 saturated heterocycles. The normalized spacial score (nSPS) is 15.1. The van der Waals surface area contributed by atoms with Crippen LogP contribution in [-0.2, 0) is 9.59 Å². The molecule has 2 amide bonds. The third-order valence-corrected chi connectivity index (χ3v) is 4.98. The highest BCUT2D eigenvalue weighted by Crippen LogP contribution is 2.34. The number of amides is 2. The number of benzene rings is 2. The van der Waals surface area contributed by atoms with E-state index in [1.807, 2.05) is 0 Å². The number of para-hydroxylation sites is 1. The summed E-state index contributed by atoms with van der Waals surface area (Å²) in [5.74, 6) is -0.392. The highest BCUT2D eigenvalue weighted by molar-refractivity contribution is 7.80. The van der Waals surface area contributed by atoms with Crippen LogP contribution < -0.4 is 15.0 Å². The van der Waals surface area contributed by atoms with E-state index in [0.717, 1.165) is 0 Å². The lowest BCUT2D eigenvalue weighted by molar-refractivity contribution is -0.384. The lowest BCUT2D eigenvalue weighted by Crippen LogP contribution is -2.54. The van der Waals surface area contributed by atoms with Gasteiger partial charge in [0.15, 0.2) is 5.11 Å². The molecule has 9 nitrogen and oxygen atoms in total. The van der Waals surface area contributed by atoms with Gasteiger partial charge in [-0.1, -0.05) is 18.2 Å². The number of thiocarbonyl (C=S) groups is 1. The Labute approximate surface area is 187 Å². The highest BCUT2D eigenvalue weighted by atomic mass is 32.1. The minimum atomic E-state index is -0.641. The van der Waals surface area contributed by atoms with Crippen LogP contribution in [0.5, 0.6) is 5.75 Å². The molecule has 1 aliphatic heterocycles. The number of non-ortho nitro benzene ring substituents is 1. The van der Waals surface area contributed by atoms with E-state index >= 15 is 0 Å². The van der Waals surface area contributed by atoms with Crippen LogP contribution in [0.1, 0.15) is 5.76 Å². The summed E-state index contributed by atoms with van der Waals surface area (Å²) in [6.07, 6.45) is 1.32. The van der Waals surface area contributed by atoms with Crippen molar-refractivity contribution in [3.63, 3.8) is 0 Å². The molecule has 0 aliphatic carbocycles. The van der Waals surface area contributed by atoms with E-state index in [0.29, 0.717) is 17.0 Å². The Morgan fingerprint density at radius 1 is 1.12 bits per heavy atom. The number of carbonyl (C=O) groups excluding carboxylic acids is 2. The van der Waals surface area contributed by atoms with Gasteiger partial charge in [-0.05, 0) is 48.6 Å². The van der Waals surface area contributed by atoms with Crippen molar-refractivity contribution in [3.05, 3.63) is 82.1 Å². The SMILES string of the molecule is COc1cc([N+](=O)[O-])ccc1-c1ccc(/C=C2/C(=O)NC(=S)N(c3ccccc3)C2=O)o1. The molecule has 2 aromatic carbocycles. The number of nitro benzene ring substituents is 1. The standard InChI is InChI=1S/C22H15N3O6S/c1-30-19-11-14(25(28)29)7-9-16(19)18-10-8-15(31-18)12-17-20(26)23-22(32)24(21(17)27)13-5-3-2-4-6-13/h2-12H,1H3,(H,23,26,32)/b17-12-. The van der Waals surface area contributed by atoms with Gasteiger partial charge < -0.3 is 9.15 Å². The van der Waals surface area contributed by atoms with Gasteiger partial charge in [0.05, 0.1) is 29.4 Å². The molecule has 0 spiro atoms. The molecule has 0 bridgehead atoms. The van der Waals surface area contributed by atoms with Crippen LogP contribution in [0.15, 0.2) is 70.7 Å². The zero-order valence-electron chi connectivity index (χ0n) is 16.6. The first-order valence-corrected chi connectivity index (χ1v) is 9.69. The monoisotopic (exact) mass is 449 g/mol. The van der Waals surface area contributed by atoms with Gasteiger partial charge in [-0.3, -0.25) is 29.9 Å². The number of anilines is 1. The summed E-state index contributed by atoms with van der Waals surface area (Å²) < 4.78 is 11.0. The first-order valence-electron chi connectivity index (χ1n) is 9.28. The van der Waals surface area contributed by atoms with Gasteiger partial charge in [0.25, 0.3) is 17.5 Å². The maximum atomic E-state index is 13.0. The molecule has 0 radical (unpaired) electrons. The molecule has 32 heavy (non-hydrogen) atoms. The Morgan fingerprint density at radius 2 is 1.88 bits per heavy atom. The molecule has 160 valence electrons. The number of nitro groups is 1. The predicted octanol–water partition coefficient (Wildman–Crippen LogP) is 3.69. The molecule has 3 aromatic rings. The van der Waals surface area contributed by atoms with Crippen LogP contribution in [0.2, 0.25) is 0 Å². The van der Waals surface area contributed by atoms with Crippen LogP contribution >= 0.6 is 12.2 Å². The minimum Gasteiger partial charge on any atom is -0.496 e. The number of furan rings is 1. The maximum Gasteiger partial charge on any atom is 0.273 e. The first-order chi connectivity index (χ1) is 15.4. The molecule has 0 atom stereocenters. The molecular formula is C22H15N3O6S. The Hall–Kier alpha value is -4.31. The van der Waals surface area contributed by atoms with Crippen LogP contribution in [0.4, 0.5) is 11.4 Å². The van der Waals surface area contributed by atoms with Crippen LogP contribution in [-0.4, -0.2) is 29.0 Å². The molecule has 1 aliphatic rings. The predicted molar refractivity (Wildman–Crippen MR) is 120 cm³/mol. The number of hydrogen-bond donors (Lipinski definition) is 1. The van der Waals surface area contributed by atoms with E-state index in [-0.39, 0.29) is 27.9 Å². The van der Waals surface area contributed by atoms with E-state index in [1.54, 1.807) is 42.5 Å². The molecule has 0 saturated carbocycles. The number of ether oxygens (including phenoxy) is 1. The van der Waals surface area contributed by atoms with Gasteiger partial charge in [0, 0.05) is 6.07 Å². The quantitative estimate of drug-likeness (QED) is 0.208. The fourth-order valence-corrected chi connectivity index (χ4v) is 3.46. The van der Waals surface area contributed by atoms with Crippen molar-refractivity contribution in [2.45, 2.75) is 0 Å². The van der Waals surface area contributed by atoms with Crippen molar-refractivity contribution in [1.82, 2.24) is 5.32 Å². The molecule has 1 N–H and O–H groups in total. The Bertz CT molecular complexity index is 1280. The van der Waals surface area contributed by atoms with Crippen LogP contribution in [0, 0.1) is 10.1 Å². The topological polar surface area (TPSA) is 115 Å². The van der Waals surface area contributed by atoms with Gasteiger partial charge in [-0.2, -0.15) is 0 Å². The van der Waals surface area contributed by atoms with Crippen molar-refractivity contribution in [2.75, 3.05) is 12.0 Å². The Kier molecular flexibility index (Phi) is 5.52. The minimum absolute atomic E-state index is 0.0147. The second kappa shape index (κ2) is 8.44. The number of methoxy groups -OCH3 is 1. The fraction of sp³-hybridized carbons (Fsp3) is 0.0455. The maximum absolute atomic E-state index is 13.0. The molecule has 1 fully saturated rings. The van der Waals surface area contributed by atoms with Crippen molar-refractivity contribution < 1.29 is 23.7 Å². The average molecular weight is 449 g/mol. The molecule has 0 unspecified atom stereocenters. The fourth-order valence-electron chi connectivity index (χ4n) is 3.18. The first kappa shape index (κ1) is 20.9. The van der Waals surface area contributed by atoms with Crippen molar-refractivity contribution in [2.24, 2.45) is 0 Å². The summed E-state index contributed by atoms with van der Waals surface area (Å²) in [4.78, 5) is 37.1. The third kappa shape index (κ3) is 3.86. The van der Waals surface area contributed by atoms with Gasteiger partial charge in [0.1, 0.15) is 22.8 Å². The smallest absolute Gasteiger partial charge is 0.273 e. The summed E-state index contributed by atoms with van der Waals surface area (Å²) in [6.45, 7) is 0. The lowest BCUT2D eigenvalue weighted by Gasteiger charge is -2.28. The number of hydrogen-bond acceptors (Lipinski definition) is 7. The van der Waals surface area contributed by atoms with Gasteiger partial charge in [0.2, 0.25) is 0 Å². The van der Waals surface area contributed by atoms with E-state index in [4.69, 9.17) is 21.4 Å². The highest BCUT2D eigenvalue weighted by Gasteiger charge is 2.34. The number of nitrogens with one attached hydrogen (secondary N) is 1. The summed E-state index contributed by atoms with van der Waals surface area (Å²) >= 11 is 5.17. The van der Waals surface area contributed by atoms with E-state index in [2.05, 4.69) is 5.32 Å².